The number of hydrogen-bond donors (Lipinski definition) is 0. The number of hydrogen-bond acceptors (Lipinski definition) is 2. The van der Waals surface area contributed by atoms with E-state index in [9.17, 15) is 4.79 Å². The van der Waals surface area contributed by atoms with E-state index in [1.54, 1.807) is 6.08 Å². The molecule has 0 radical (unpaired) electrons. The van der Waals surface area contributed by atoms with Crippen LogP contribution in [-0.2, 0) is 4.74 Å². The molecule has 0 aliphatic heterocycles. The summed E-state index contributed by atoms with van der Waals surface area (Å²) in [6.45, 7) is 3.87. The standard InChI is InChI=1S/C22H20O2P/c1-2-18-24-22(23)25(19-12-6-3-7-13-19,20-14-8-4-9-15-20)21-16-10-5-11-17-21/h2-17H,1,18H2/q+1. The van der Waals surface area contributed by atoms with Gasteiger partial charge in [0.1, 0.15) is 22.5 Å². The van der Waals surface area contributed by atoms with Gasteiger partial charge in [0.05, 0.1) is 0 Å². The molecule has 0 unspecified atom stereocenters. The first-order valence-electron chi connectivity index (χ1n) is 8.14. The zero-order valence-corrected chi connectivity index (χ0v) is 14.8. The number of ether oxygens (including phenoxy) is 1. The maximum absolute atomic E-state index is 13.4. The van der Waals surface area contributed by atoms with Gasteiger partial charge in [-0.3, -0.25) is 0 Å². The summed E-state index contributed by atoms with van der Waals surface area (Å²) in [6, 6.07) is 29.8. The lowest BCUT2D eigenvalue weighted by molar-refractivity contribution is 0.186. The number of carbonyl (C=O) groups excluding carboxylic acids is 1. The Morgan fingerprint density at radius 3 is 1.44 bits per heavy atom. The van der Waals surface area contributed by atoms with E-state index in [1.807, 2.05) is 91.0 Å². The lowest BCUT2D eigenvalue weighted by Gasteiger charge is -2.24. The van der Waals surface area contributed by atoms with Crippen LogP contribution in [0, 0.1) is 0 Å². The summed E-state index contributed by atoms with van der Waals surface area (Å²) in [5, 5.41) is 2.96. The summed E-state index contributed by atoms with van der Waals surface area (Å²) in [4.78, 5) is 13.4. The monoisotopic (exact) mass is 347 g/mol. The highest BCUT2D eigenvalue weighted by Gasteiger charge is 2.55. The van der Waals surface area contributed by atoms with E-state index in [1.165, 1.54) is 0 Å². The topological polar surface area (TPSA) is 26.3 Å². The lowest BCUT2D eigenvalue weighted by Crippen LogP contribution is -2.36. The van der Waals surface area contributed by atoms with E-state index >= 15 is 0 Å². The molecule has 0 fully saturated rings. The Morgan fingerprint density at radius 2 is 1.12 bits per heavy atom. The van der Waals surface area contributed by atoms with Crippen LogP contribution < -0.4 is 15.9 Å². The fraction of sp³-hybridized carbons (Fsp3) is 0.0455. The summed E-state index contributed by atoms with van der Waals surface area (Å²) in [5.74, 6) is 0. The molecule has 3 aromatic rings. The van der Waals surface area contributed by atoms with Gasteiger partial charge in [0, 0.05) is 0 Å². The second kappa shape index (κ2) is 7.92. The molecule has 0 bridgehead atoms. The second-order valence-electron chi connectivity index (χ2n) is 5.54. The van der Waals surface area contributed by atoms with E-state index in [4.69, 9.17) is 4.74 Å². The van der Waals surface area contributed by atoms with Gasteiger partial charge in [-0.1, -0.05) is 67.3 Å². The molecule has 25 heavy (non-hydrogen) atoms. The fourth-order valence-corrected chi connectivity index (χ4v) is 6.60. The normalized spacial score (nSPS) is 10.9. The van der Waals surface area contributed by atoms with E-state index in [2.05, 4.69) is 6.58 Å². The zero-order valence-electron chi connectivity index (χ0n) is 13.9. The summed E-state index contributed by atoms with van der Waals surface area (Å²) >= 11 is 0. The van der Waals surface area contributed by atoms with Crippen LogP contribution in [0.2, 0.25) is 0 Å². The Labute approximate surface area is 149 Å². The van der Waals surface area contributed by atoms with Gasteiger partial charge in [-0.25, -0.2) is 4.79 Å². The maximum atomic E-state index is 13.4. The Hall–Kier alpha value is -2.70. The molecular weight excluding hydrogens is 327 g/mol. The van der Waals surface area contributed by atoms with Crippen molar-refractivity contribution in [3.8, 4) is 0 Å². The molecule has 0 atom stereocenters. The second-order valence-corrected chi connectivity index (χ2v) is 8.80. The lowest BCUT2D eigenvalue weighted by atomic mass is 10.4. The molecule has 0 aliphatic rings. The van der Waals surface area contributed by atoms with Crippen LogP contribution >= 0.6 is 7.26 Å². The van der Waals surface area contributed by atoms with Gasteiger partial charge >= 0.3 is 5.71 Å². The first-order chi connectivity index (χ1) is 12.3. The quantitative estimate of drug-likeness (QED) is 0.491. The van der Waals surface area contributed by atoms with Gasteiger partial charge in [0.15, 0.2) is 0 Å². The highest BCUT2D eigenvalue weighted by molar-refractivity contribution is 8.07. The molecule has 0 saturated heterocycles. The predicted octanol–water partition coefficient (Wildman–Crippen LogP) is 4.30. The van der Waals surface area contributed by atoms with Crippen molar-refractivity contribution in [2.45, 2.75) is 0 Å². The van der Waals surface area contributed by atoms with Crippen molar-refractivity contribution in [2.24, 2.45) is 0 Å². The predicted molar refractivity (Wildman–Crippen MR) is 107 cm³/mol. The molecule has 3 heteroatoms. The molecule has 3 aromatic carbocycles. The number of rotatable bonds is 6. The van der Waals surface area contributed by atoms with E-state index in [0.717, 1.165) is 15.9 Å². The van der Waals surface area contributed by atoms with Crippen molar-refractivity contribution in [3.05, 3.63) is 104 Å². The third-order valence-electron chi connectivity index (χ3n) is 4.03. The third kappa shape index (κ3) is 3.26. The largest absolute Gasteiger partial charge is 0.466 e. The minimum atomic E-state index is -2.58. The van der Waals surface area contributed by atoms with Crippen molar-refractivity contribution in [3.63, 3.8) is 0 Å². The highest BCUT2D eigenvalue weighted by Crippen LogP contribution is 2.56. The minimum absolute atomic E-state index is 0.198. The van der Waals surface area contributed by atoms with Gasteiger partial charge in [0.25, 0.3) is 0 Å². The Bertz CT molecular complexity index is 733. The molecule has 0 heterocycles. The number of benzene rings is 3. The van der Waals surface area contributed by atoms with E-state index in [-0.39, 0.29) is 12.3 Å². The molecule has 0 aliphatic carbocycles. The first kappa shape index (κ1) is 17.1. The zero-order chi connectivity index (χ0) is 17.5. The number of carbonyl (C=O) groups is 1. The summed E-state index contributed by atoms with van der Waals surface area (Å²) in [7, 11) is -2.58. The fourth-order valence-electron chi connectivity index (χ4n) is 2.95. The van der Waals surface area contributed by atoms with Crippen molar-refractivity contribution in [2.75, 3.05) is 6.61 Å². The average molecular weight is 347 g/mol. The van der Waals surface area contributed by atoms with Crippen molar-refractivity contribution in [1.29, 1.82) is 0 Å². The highest BCUT2D eigenvalue weighted by atomic mass is 31.2. The maximum Gasteiger partial charge on any atom is 0.466 e. The van der Waals surface area contributed by atoms with Crippen LogP contribution in [0.3, 0.4) is 0 Å². The van der Waals surface area contributed by atoms with Gasteiger partial charge in [-0.15, -0.1) is 0 Å². The van der Waals surface area contributed by atoms with Crippen molar-refractivity contribution < 1.29 is 9.53 Å². The van der Waals surface area contributed by atoms with Gasteiger partial charge in [-0.05, 0) is 36.4 Å². The average Bonchev–Trinajstić information content (AvgIpc) is 2.69. The van der Waals surface area contributed by atoms with Gasteiger partial charge in [-0.2, -0.15) is 0 Å². The van der Waals surface area contributed by atoms with Crippen LogP contribution in [0.15, 0.2) is 104 Å². The minimum Gasteiger partial charge on any atom is -0.431 e. The van der Waals surface area contributed by atoms with Gasteiger partial charge in [0.2, 0.25) is 7.26 Å². The molecule has 0 saturated carbocycles. The molecular formula is C22H20O2P+. The van der Waals surface area contributed by atoms with E-state index < -0.39 is 7.26 Å². The third-order valence-corrected chi connectivity index (χ3v) is 7.92. The van der Waals surface area contributed by atoms with Gasteiger partial charge < -0.3 is 4.74 Å². The van der Waals surface area contributed by atoms with E-state index in [0.29, 0.717) is 0 Å². The van der Waals surface area contributed by atoms with Crippen LogP contribution in [0.25, 0.3) is 0 Å². The molecule has 0 N–H and O–H groups in total. The molecule has 2 nitrogen and oxygen atoms in total. The molecule has 0 spiro atoms. The summed E-state index contributed by atoms with van der Waals surface area (Å²) in [5.41, 5.74) is -0.198. The Balaban J connectivity index is 2.31. The Morgan fingerprint density at radius 1 is 0.760 bits per heavy atom. The first-order valence-corrected chi connectivity index (χ1v) is 9.93. The summed E-state index contributed by atoms with van der Waals surface area (Å²) in [6.07, 6.45) is 1.60. The van der Waals surface area contributed by atoms with Crippen LogP contribution in [-0.4, -0.2) is 12.3 Å². The summed E-state index contributed by atoms with van der Waals surface area (Å²) < 4.78 is 5.61. The Kier molecular flexibility index (Phi) is 5.42. The SMILES string of the molecule is C=CCOC(=O)[P+](c1ccccc1)(c1ccccc1)c1ccccc1. The van der Waals surface area contributed by atoms with Crippen LogP contribution in [0.1, 0.15) is 0 Å². The molecule has 0 aromatic heterocycles. The van der Waals surface area contributed by atoms with Crippen molar-refractivity contribution in [1.82, 2.24) is 0 Å². The molecule has 0 amide bonds. The molecule has 124 valence electrons. The van der Waals surface area contributed by atoms with Crippen molar-refractivity contribution >= 4 is 28.9 Å². The molecule has 3 rings (SSSR count). The van der Waals surface area contributed by atoms with Crippen LogP contribution in [0.5, 0.6) is 0 Å². The smallest absolute Gasteiger partial charge is 0.431 e. The van der Waals surface area contributed by atoms with Crippen LogP contribution in [0.4, 0.5) is 4.79 Å².